The minimum atomic E-state index is 0.0333. The molecule has 1 heterocycles. The predicted octanol–water partition coefficient (Wildman–Crippen LogP) is -0.986. The van der Waals surface area contributed by atoms with Gasteiger partial charge >= 0.3 is 0 Å². The summed E-state index contributed by atoms with van der Waals surface area (Å²) in [7, 11) is 5.29. The topological polar surface area (TPSA) is 45.8 Å². The second-order valence-electron chi connectivity index (χ2n) is 3.05. The van der Waals surface area contributed by atoms with E-state index in [1.165, 1.54) is 0 Å². The summed E-state index contributed by atoms with van der Waals surface area (Å²) in [5.41, 5.74) is 0. The van der Waals surface area contributed by atoms with Crippen LogP contribution in [0.5, 0.6) is 0 Å². The Kier molecular flexibility index (Phi) is 4.61. The molecule has 1 aliphatic rings. The SMILES string of the molecule is CNC(CN1CCNC1OC)OC. The Bertz CT molecular complexity index is 141. The molecule has 0 aromatic rings. The van der Waals surface area contributed by atoms with Gasteiger partial charge in [-0.1, -0.05) is 0 Å². The van der Waals surface area contributed by atoms with E-state index < -0.39 is 0 Å². The smallest absolute Gasteiger partial charge is 0.165 e. The van der Waals surface area contributed by atoms with Gasteiger partial charge in [-0.25, -0.2) is 0 Å². The van der Waals surface area contributed by atoms with Crippen LogP contribution in [0.4, 0.5) is 0 Å². The summed E-state index contributed by atoms with van der Waals surface area (Å²) in [6, 6.07) is 0. The standard InChI is InChI=1S/C8H19N3O2/c1-9-7(12-2)6-11-5-4-10-8(11)13-3/h7-10H,4-6H2,1-3H3. The summed E-state index contributed by atoms with van der Waals surface area (Å²) in [5.74, 6) is 0. The number of hydrogen-bond donors (Lipinski definition) is 2. The second-order valence-corrected chi connectivity index (χ2v) is 3.05. The van der Waals surface area contributed by atoms with Gasteiger partial charge < -0.3 is 9.47 Å². The number of rotatable bonds is 5. The van der Waals surface area contributed by atoms with Gasteiger partial charge in [0.1, 0.15) is 6.23 Å². The van der Waals surface area contributed by atoms with Crippen LogP contribution < -0.4 is 10.6 Å². The first-order valence-corrected chi connectivity index (χ1v) is 4.52. The maximum Gasteiger partial charge on any atom is 0.165 e. The van der Waals surface area contributed by atoms with E-state index in [2.05, 4.69) is 15.5 Å². The summed E-state index contributed by atoms with van der Waals surface area (Å²) in [4.78, 5) is 2.20. The zero-order valence-electron chi connectivity index (χ0n) is 8.54. The van der Waals surface area contributed by atoms with E-state index in [1.807, 2.05) is 7.05 Å². The summed E-state index contributed by atoms with van der Waals surface area (Å²) >= 11 is 0. The lowest BCUT2D eigenvalue weighted by molar-refractivity contribution is -0.0480. The van der Waals surface area contributed by atoms with Crippen molar-refractivity contribution in [2.45, 2.75) is 12.6 Å². The number of nitrogens with one attached hydrogen (secondary N) is 2. The maximum atomic E-state index is 5.25. The third-order valence-corrected chi connectivity index (χ3v) is 2.28. The molecule has 1 rings (SSSR count). The van der Waals surface area contributed by atoms with Crippen molar-refractivity contribution in [3.8, 4) is 0 Å². The van der Waals surface area contributed by atoms with Gasteiger partial charge in [0.15, 0.2) is 6.35 Å². The fraction of sp³-hybridized carbons (Fsp3) is 1.00. The molecule has 0 aromatic carbocycles. The van der Waals surface area contributed by atoms with Crippen LogP contribution in [-0.4, -0.2) is 58.4 Å². The van der Waals surface area contributed by atoms with Gasteiger partial charge in [-0.05, 0) is 7.05 Å². The first-order valence-electron chi connectivity index (χ1n) is 4.52. The minimum Gasteiger partial charge on any atom is -0.365 e. The van der Waals surface area contributed by atoms with Crippen molar-refractivity contribution >= 4 is 0 Å². The lowest BCUT2D eigenvalue weighted by atomic mass is 10.5. The average Bonchev–Trinajstić information content (AvgIpc) is 2.61. The molecule has 5 heteroatoms. The molecule has 2 unspecified atom stereocenters. The maximum absolute atomic E-state index is 5.25. The highest BCUT2D eigenvalue weighted by Gasteiger charge is 2.25. The van der Waals surface area contributed by atoms with Crippen LogP contribution in [-0.2, 0) is 9.47 Å². The number of hydrogen-bond acceptors (Lipinski definition) is 5. The third kappa shape index (κ3) is 2.89. The largest absolute Gasteiger partial charge is 0.365 e. The highest BCUT2D eigenvalue weighted by atomic mass is 16.5. The quantitative estimate of drug-likeness (QED) is 0.544. The van der Waals surface area contributed by atoms with E-state index in [0.29, 0.717) is 0 Å². The highest BCUT2D eigenvalue weighted by Crippen LogP contribution is 2.04. The fourth-order valence-corrected chi connectivity index (χ4v) is 1.49. The van der Waals surface area contributed by atoms with Crippen LogP contribution in [0, 0.1) is 0 Å². The van der Waals surface area contributed by atoms with Crippen molar-refractivity contribution < 1.29 is 9.47 Å². The first-order chi connectivity index (χ1) is 6.31. The summed E-state index contributed by atoms with van der Waals surface area (Å²) in [5, 5.41) is 6.31. The molecule has 0 spiro atoms. The van der Waals surface area contributed by atoms with Crippen molar-refractivity contribution in [3.05, 3.63) is 0 Å². The van der Waals surface area contributed by atoms with Crippen LogP contribution in [0.1, 0.15) is 0 Å². The lowest BCUT2D eigenvalue weighted by Gasteiger charge is -2.26. The molecule has 0 bridgehead atoms. The molecule has 0 radical (unpaired) electrons. The molecule has 1 aliphatic heterocycles. The molecule has 13 heavy (non-hydrogen) atoms. The Balaban J connectivity index is 2.33. The van der Waals surface area contributed by atoms with Gasteiger partial charge in [-0.2, -0.15) is 0 Å². The Hall–Kier alpha value is -0.200. The first kappa shape index (κ1) is 10.9. The molecule has 0 aromatic heterocycles. The number of nitrogens with zero attached hydrogens (tertiary/aromatic N) is 1. The molecule has 1 saturated heterocycles. The normalized spacial score (nSPS) is 26.5. The van der Waals surface area contributed by atoms with E-state index in [-0.39, 0.29) is 12.6 Å². The van der Waals surface area contributed by atoms with Gasteiger partial charge in [0.25, 0.3) is 0 Å². The van der Waals surface area contributed by atoms with Crippen molar-refractivity contribution in [3.63, 3.8) is 0 Å². The molecule has 2 atom stereocenters. The Morgan fingerprint density at radius 3 is 2.92 bits per heavy atom. The summed E-state index contributed by atoms with van der Waals surface area (Å²) in [6.45, 7) is 2.80. The predicted molar refractivity (Wildman–Crippen MR) is 50.2 cm³/mol. The van der Waals surface area contributed by atoms with Crippen molar-refractivity contribution in [2.24, 2.45) is 0 Å². The van der Waals surface area contributed by atoms with E-state index in [0.717, 1.165) is 19.6 Å². The van der Waals surface area contributed by atoms with Crippen molar-refractivity contribution in [1.82, 2.24) is 15.5 Å². The zero-order valence-corrected chi connectivity index (χ0v) is 8.54. The summed E-state index contributed by atoms with van der Waals surface area (Å²) < 4.78 is 10.5. The van der Waals surface area contributed by atoms with E-state index in [1.54, 1.807) is 14.2 Å². The number of methoxy groups -OCH3 is 2. The van der Waals surface area contributed by atoms with Crippen LogP contribution in [0.15, 0.2) is 0 Å². The highest BCUT2D eigenvalue weighted by molar-refractivity contribution is 4.73. The van der Waals surface area contributed by atoms with Crippen LogP contribution in [0.3, 0.4) is 0 Å². The average molecular weight is 189 g/mol. The van der Waals surface area contributed by atoms with Gasteiger partial charge in [0.05, 0.1) is 0 Å². The molecular formula is C8H19N3O2. The number of likely N-dealkylation sites (N-methyl/N-ethyl adjacent to an activating group) is 1. The van der Waals surface area contributed by atoms with Gasteiger partial charge in [-0.15, -0.1) is 0 Å². The minimum absolute atomic E-state index is 0.0333. The Morgan fingerprint density at radius 2 is 2.38 bits per heavy atom. The van der Waals surface area contributed by atoms with Crippen LogP contribution in [0.2, 0.25) is 0 Å². The van der Waals surface area contributed by atoms with Gasteiger partial charge in [0, 0.05) is 33.9 Å². The van der Waals surface area contributed by atoms with Crippen LogP contribution in [0.25, 0.3) is 0 Å². The second kappa shape index (κ2) is 5.51. The summed E-state index contributed by atoms with van der Waals surface area (Å²) in [6.07, 6.45) is 0.101. The molecule has 1 fully saturated rings. The molecule has 78 valence electrons. The Morgan fingerprint density at radius 1 is 1.62 bits per heavy atom. The molecule has 5 nitrogen and oxygen atoms in total. The van der Waals surface area contributed by atoms with Gasteiger partial charge in [0.2, 0.25) is 0 Å². The molecule has 0 amide bonds. The van der Waals surface area contributed by atoms with Crippen molar-refractivity contribution in [2.75, 3.05) is 40.9 Å². The van der Waals surface area contributed by atoms with E-state index in [4.69, 9.17) is 9.47 Å². The molecule has 0 saturated carbocycles. The van der Waals surface area contributed by atoms with Gasteiger partial charge in [-0.3, -0.25) is 15.5 Å². The molecule has 0 aliphatic carbocycles. The van der Waals surface area contributed by atoms with Crippen LogP contribution >= 0.6 is 0 Å². The lowest BCUT2D eigenvalue weighted by Crippen LogP contribution is -2.45. The third-order valence-electron chi connectivity index (χ3n) is 2.28. The zero-order chi connectivity index (χ0) is 9.68. The fourth-order valence-electron chi connectivity index (χ4n) is 1.49. The number of ether oxygens (including phenoxy) is 2. The molecule has 2 N–H and O–H groups in total. The van der Waals surface area contributed by atoms with Crippen molar-refractivity contribution in [1.29, 1.82) is 0 Å². The molecular weight excluding hydrogens is 170 g/mol. The monoisotopic (exact) mass is 189 g/mol. The van der Waals surface area contributed by atoms with E-state index in [9.17, 15) is 0 Å². The Labute approximate surface area is 79.4 Å². The van der Waals surface area contributed by atoms with E-state index >= 15 is 0 Å².